The highest BCUT2D eigenvalue weighted by molar-refractivity contribution is 5.94. The standard InChI is InChI=1S/C24H32N4O3/c1-2-31-26-20-21-8-10-23(11-9-21)30-19-7-5-3-4-6-16-27-17-18-28(24(27)29)22-12-14-25-15-13-22/h8-15,20H,2-7,16-19H2,1H3. The smallest absolute Gasteiger partial charge is 0.324 e. The average Bonchev–Trinajstić information content (AvgIpc) is 3.17. The quantitative estimate of drug-likeness (QED) is 0.265. The Labute approximate surface area is 184 Å². The van der Waals surface area contributed by atoms with Gasteiger partial charge >= 0.3 is 6.03 Å². The predicted molar refractivity (Wildman–Crippen MR) is 123 cm³/mol. The lowest BCUT2D eigenvalue weighted by Crippen LogP contribution is -2.32. The highest BCUT2D eigenvalue weighted by atomic mass is 16.6. The molecule has 0 spiro atoms. The third-order valence-electron chi connectivity index (χ3n) is 5.20. The Hall–Kier alpha value is -3.09. The summed E-state index contributed by atoms with van der Waals surface area (Å²) < 4.78 is 5.80. The van der Waals surface area contributed by atoms with Crippen molar-refractivity contribution in [3.05, 3.63) is 54.4 Å². The Morgan fingerprint density at radius 1 is 1.00 bits per heavy atom. The van der Waals surface area contributed by atoms with Gasteiger partial charge < -0.3 is 14.5 Å². The van der Waals surface area contributed by atoms with Crippen molar-refractivity contribution < 1.29 is 14.4 Å². The van der Waals surface area contributed by atoms with E-state index in [0.29, 0.717) is 6.61 Å². The molecule has 1 aliphatic rings. The van der Waals surface area contributed by atoms with Crippen LogP contribution in [-0.4, -0.2) is 55.0 Å². The molecule has 0 unspecified atom stereocenters. The number of ether oxygens (including phenoxy) is 1. The Bertz CT molecular complexity index is 811. The Balaban J connectivity index is 1.23. The summed E-state index contributed by atoms with van der Waals surface area (Å²) in [6.45, 7) is 5.57. The molecular formula is C24H32N4O3. The second-order valence-corrected chi connectivity index (χ2v) is 7.46. The fraction of sp³-hybridized carbons (Fsp3) is 0.458. The summed E-state index contributed by atoms with van der Waals surface area (Å²) in [6.07, 6.45) is 10.6. The molecule has 2 heterocycles. The van der Waals surface area contributed by atoms with Crippen molar-refractivity contribution in [2.75, 3.05) is 37.7 Å². The lowest BCUT2D eigenvalue weighted by atomic mass is 10.1. The van der Waals surface area contributed by atoms with Crippen molar-refractivity contribution in [3.8, 4) is 5.75 Å². The van der Waals surface area contributed by atoms with Gasteiger partial charge in [-0.25, -0.2) is 4.79 Å². The van der Waals surface area contributed by atoms with Crippen molar-refractivity contribution in [3.63, 3.8) is 0 Å². The van der Waals surface area contributed by atoms with Gasteiger partial charge in [-0.05, 0) is 61.7 Å². The molecule has 2 aromatic rings. The molecule has 0 aliphatic carbocycles. The number of carbonyl (C=O) groups excluding carboxylic acids is 1. The molecule has 3 rings (SSSR count). The van der Waals surface area contributed by atoms with Crippen molar-refractivity contribution in [2.45, 2.75) is 39.0 Å². The number of carbonyl (C=O) groups is 1. The van der Waals surface area contributed by atoms with E-state index in [1.807, 2.05) is 53.1 Å². The van der Waals surface area contributed by atoms with Crippen LogP contribution in [0.1, 0.15) is 44.6 Å². The SMILES string of the molecule is CCON=Cc1ccc(OCCCCCCCN2CCN(c3ccncc3)C2=O)cc1. The summed E-state index contributed by atoms with van der Waals surface area (Å²) in [4.78, 5) is 25.3. The molecular weight excluding hydrogens is 392 g/mol. The van der Waals surface area contributed by atoms with Gasteiger partial charge in [0.25, 0.3) is 0 Å². The van der Waals surface area contributed by atoms with Crippen LogP contribution in [-0.2, 0) is 4.84 Å². The molecule has 31 heavy (non-hydrogen) atoms. The summed E-state index contributed by atoms with van der Waals surface area (Å²) in [6, 6.07) is 11.7. The number of benzene rings is 1. The van der Waals surface area contributed by atoms with Crippen LogP contribution in [0.25, 0.3) is 0 Å². The molecule has 1 fully saturated rings. The normalized spacial score (nSPS) is 13.9. The van der Waals surface area contributed by atoms with Gasteiger partial charge in [-0.1, -0.05) is 24.4 Å². The first kappa shape index (κ1) is 22.6. The van der Waals surface area contributed by atoms with E-state index in [1.165, 1.54) is 0 Å². The number of hydrogen-bond donors (Lipinski definition) is 0. The number of nitrogens with zero attached hydrogens (tertiary/aromatic N) is 4. The van der Waals surface area contributed by atoms with E-state index >= 15 is 0 Å². The van der Waals surface area contributed by atoms with Crippen LogP contribution in [0.3, 0.4) is 0 Å². The average molecular weight is 425 g/mol. The molecule has 1 aliphatic heterocycles. The fourth-order valence-electron chi connectivity index (χ4n) is 3.50. The van der Waals surface area contributed by atoms with Crippen LogP contribution >= 0.6 is 0 Å². The Morgan fingerprint density at radius 2 is 1.74 bits per heavy atom. The fourth-order valence-corrected chi connectivity index (χ4v) is 3.50. The minimum Gasteiger partial charge on any atom is -0.494 e. The van der Waals surface area contributed by atoms with Gasteiger partial charge in [0.1, 0.15) is 12.4 Å². The van der Waals surface area contributed by atoms with Gasteiger partial charge in [-0.15, -0.1) is 0 Å². The third-order valence-corrected chi connectivity index (χ3v) is 5.20. The molecule has 7 heteroatoms. The molecule has 0 bridgehead atoms. The third kappa shape index (κ3) is 7.27. The zero-order valence-electron chi connectivity index (χ0n) is 18.3. The van der Waals surface area contributed by atoms with E-state index in [9.17, 15) is 4.79 Å². The van der Waals surface area contributed by atoms with Crippen molar-refractivity contribution in [1.82, 2.24) is 9.88 Å². The lowest BCUT2D eigenvalue weighted by molar-refractivity contribution is 0.160. The second kappa shape index (κ2) is 12.6. The van der Waals surface area contributed by atoms with Gasteiger partial charge in [0.15, 0.2) is 0 Å². The molecule has 0 saturated carbocycles. The van der Waals surface area contributed by atoms with Crippen LogP contribution in [0.15, 0.2) is 53.9 Å². The van der Waals surface area contributed by atoms with E-state index in [4.69, 9.17) is 9.57 Å². The van der Waals surface area contributed by atoms with Crippen LogP contribution < -0.4 is 9.64 Å². The van der Waals surface area contributed by atoms with Gasteiger partial charge in [-0.3, -0.25) is 9.88 Å². The predicted octanol–water partition coefficient (Wildman–Crippen LogP) is 4.72. The maximum atomic E-state index is 12.5. The number of urea groups is 1. The molecule has 0 radical (unpaired) electrons. The van der Waals surface area contributed by atoms with Crippen molar-refractivity contribution in [2.24, 2.45) is 5.16 Å². The van der Waals surface area contributed by atoms with Crippen LogP contribution in [0.5, 0.6) is 5.75 Å². The van der Waals surface area contributed by atoms with E-state index in [0.717, 1.165) is 75.3 Å². The number of hydrogen-bond acceptors (Lipinski definition) is 5. The number of anilines is 1. The van der Waals surface area contributed by atoms with Crippen LogP contribution in [0, 0.1) is 0 Å². The molecule has 0 atom stereocenters. The molecule has 7 nitrogen and oxygen atoms in total. The molecule has 1 aromatic heterocycles. The first-order valence-electron chi connectivity index (χ1n) is 11.1. The molecule has 0 N–H and O–H groups in total. The van der Waals surface area contributed by atoms with E-state index in [-0.39, 0.29) is 6.03 Å². The Kier molecular flexibility index (Phi) is 9.16. The Morgan fingerprint density at radius 3 is 2.52 bits per heavy atom. The molecule has 166 valence electrons. The summed E-state index contributed by atoms with van der Waals surface area (Å²) in [5.74, 6) is 0.875. The zero-order chi connectivity index (χ0) is 21.7. The van der Waals surface area contributed by atoms with Gasteiger partial charge in [0.2, 0.25) is 0 Å². The van der Waals surface area contributed by atoms with Crippen molar-refractivity contribution >= 4 is 17.9 Å². The highest BCUT2D eigenvalue weighted by Crippen LogP contribution is 2.19. The van der Waals surface area contributed by atoms with Crippen LogP contribution in [0.4, 0.5) is 10.5 Å². The van der Waals surface area contributed by atoms with Gasteiger partial charge in [-0.2, -0.15) is 0 Å². The number of unbranched alkanes of at least 4 members (excludes halogenated alkanes) is 4. The largest absolute Gasteiger partial charge is 0.494 e. The summed E-state index contributed by atoms with van der Waals surface area (Å²) >= 11 is 0. The first-order valence-corrected chi connectivity index (χ1v) is 11.1. The topological polar surface area (TPSA) is 67.3 Å². The minimum atomic E-state index is 0.106. The maximum Gasteiger partial charge on any atom is 0.324 e. The monoisotopic (exact) mass is 424 g/mol. The summed E-state index contributed by atoms with van der Waals surface area (Å²) in [7, 11) is 0. The van der Waals surface area contributed by atoms with Crippen molar-refractivity contribution in [1.29, 1.82) is 0 Å². The number of aromatic nitrogens is 1. The van der Waals surface area contributed by atoms with Crippen LogP contribution in [0.2, 0.25) is 0 Å². The number of oxime groups is 1. The number of rotatable bonds is 13. The maximum absolute atomic E-state index is 12.5. The summed E-state index contributed by atoms with van der Waals surface area (Å²) in [5, 5.41) is 3.86. The van der Waals surface area contributed by atoms with E-state index in [1.54, 1.807) is 18.6 Å². The zero-order valence-corrected chi connectivity index (χ0v) is 18.3. The number of amides is 2. The molecule has 1 aromatic carbocycles. The van der Waals surface area contributed by atoms with Gasteiger partial charge in [0.05, 0.1) is 12.8 Å². The summed E-state index contributed by atoms with van der Waals surface area (Å²) in [5.41, 5.74) is 1.91. The molecule has 1 saturated heterocycles. The lowest BCUT2D eigenvalue weighted by Gasteiger charge is -2.18. The first-order chi connectivity index (χ1) is 15.3. The van der Waals surface area contributed by atoms with E-state index in [2.05, 4.69) is 10.1 Å². The minimum absolute atomic E-state index is 0.106. The van der Waals surface area contributed by atoms with E-state index < -0.39 is 0 Å². The van der Waals surface area contributed by atoms with Gasteiger partial charge in [0, 0.05) is 37.7 Å². The molecule has 2 amide bonds. The number of pyridine rings is 1. The second-order valence-electron chi connectivity index (χ2n) is 7.46. The highest BCUT2D eigenvalue weighted by Gasteiger charge is 2.28.